The van der Waals surface area contributed by atoms with Gasteiger partial charge in [-0.2, -0.15) is 0 Å². The third-order valence-corrected chi connectivity index (χ3v) is 5.68. The molecule has 0 atom stereocenters. The molecule has 0 aliphatic carbocycles. The van der Waals surface area contributed by atoms with E-state index in [1.807, 2.05) is 0 Å². The van der Waals surface area contributed by atoms with Crippen molar-refractivity contribution < 1.29 is 14.4 Å². The number of carbonyl (C=O) groups excluding carboxylic acids is 1. The first-order valence-corrected chi connectivity index (χ1v) is 13.3. The number of hydrogen-bond donors (Lipinski definition) is 0. The predicted octanol–water partition coefficient (Wildman–Crippen LogP) is 7.27. The SMILES string of the molecule is CC(=O)[O-].CCCCCCCCCCCCCCCCCCCCCC[N+](C)(C)C. The van der Waals surface area contributed by atoms with Crippen molar-refractivity contribution in [3.05, 3.63) is 0 Å². The van der Waals surface area contributed by atoms with Crippen LogP contribution in [0.2, 0.25) is 0 Å². The monoisotopic (exact) mass is 427 g/mol. The lowest BCUT2D eigenvalue weighted by Crippen LogP contribution is -2.35. The van der Waals surface area contributed by atoms with E-state index in [9.17, 15) is 0 Å². The maximum absolute atomic E-state index is 8.89. The van der Waals surface area contributed by atoms with E-state index in [0.29, 0.717) is 0 Å². The minimum absolute atomic E-state index is 0.972. The Morgan fingerprint density at radius 3 is 0.933 bits per heavy atom. The van der Waals surface area contributed by atoms with Gasteiger partial charge in [0.2, 0.25) is 0 Å². The summed E-state index contributed by atoms with van der Waals surface area (Å²) in [6, 6.07) is 0. The fourth-order valence-corrected chi connectivity index (χ4v) is 3.84. The molecule has 0 aromatic heterocycles. The van der Waals surface area contributed by atoms with Crippen molar-refractivity contribution in [3.63, 3.8) is 0 Å². The van der Waals surface area contributed by atoms with Crippen LogP contribution in [0.15, 0.2) is 0 Å². The second kappa shape index (κ2) is 24.7. The van der Waals surface area contributed by atoms with E-state index in [2.05, 4.69) is 28.1 Å². The quantitative estimate of drug-likeness (QED) is 0.143. The lowest BCUT2D eigenvalue weighted by atomic mass is 10.0. The zero-order chi connectivity index (χ0) is 22.9. The van der Waals surface area contributed by atoms with Crippen LogP contribution >= 0.6 is 0 Å². The number of carboxylic acids is 1. The maximum atomic E-state index is 8.89. The first-order valence-electron chi connectivity index (χ1n) is 13.3. The molecule has 0 fully saturated rings. The Balaban J connectivity index is 0. The predicted molar refractivity (Wildman–Crippen MR) is 132 cm³/mol. The molecule has 0 saturated heterocycles. The van der Waals surface area contributed by atoms with Gasteiger partial charge < -0.3 is 14.4 Å². The third-order valence-electron chi connectivity index (χ3n) is 5.68. The number of nitrogens with zero attached hydrogens (tertiary/aromatic N) is 1. The highest BCUT2D eigenvalue weighted by atomic mass is 16.4. The van der Waals surface area contributed by atoms with E-state index >= 15 is 0 Å². The number of quaternary nitrogens is 1. The summed E-state index contributed by atoms with van der Waals surface area (Å²) in [4.78, 5) is 8.89. The molecule has 182 valence electrons. The summed E-state index contributed by atoms with van der Waals surface area (Å²) in [6.07, 6.45) is 29.3. The number of aliphatic carboxylic acids is 1. The van der Waals surface area contributed by atoms with E-state index in [-0.39, 0.29) is 0 Å². The molecule has 0 rings (SSSR count). The summed E-state index contributed by atoms with van der Waals surface area (Å²) in [5, 5.41) is 8.89. The molecule has 0 spiro atoms. The van der Waals surface area contributed by atoms with Crippen LogP contribution in [0.4, 0.5) is 0 Å². The van der Waals surface area contributed by atoms with E-state index in [4.69, 9.17) is 9.90 Å². The van der Waals surface area contributed by atoms with E-state index < -0.39 is 5.97 Å². The molecule has 0 N–H and O–H groups in total. The minimum Gasteiger partial charge on any atom is -0.550 e. The van der Waals surface area contributed by atoms with Gasteiger partial charge >= 0.3 is 0 Å². The average Bonchev–Trinajstić information content (AvgIpc) is 2.65. The smallest absolute Gasteiger partial charge is 0.0780 e. The Kier molecular flexibility index (Phi) is 26.0. The summed E-state index contributed by atoms with van der Waals surface area (Å²) in [7, 11) is 6.90. The van der Waals surface area contributed by atoms with E-state index in [1.54, 1.807) is 0 Å². The van der Waals surface area contributed by atoms with Crippen LogP contribution in [0.25, 0.3) is 0 Å². The molecule has 0 aromatic rings. The van der Waals surface area contributed by atoms with Gasteiger partial charge in [0.15, 0.2) is 0 Å². The van der Waals surface area contributed by atoms with Gasteiger partial charge in [0.1, 0.15) is 0 Å². The second-order valence-electron chi connectivity index (χ2n) is 10.2. The van der Waals surface area contributed by atoms with Crippen LogP contribution in [-0.2, 0) is 4.79 Å². The zero-order valence-corrected chi connectivity index (χ0v) is 21.6. The number of rotatable bonds is 21. The number of hydrogen-bond acceptors (Lipinski definition) is 2. The maximum Gasteiger partial charge on any atom is 0.0780 e. The fraction of sp³-hybridized carbons (Fsp3) is 0.963. The highest BCUT2D eigenvalue weighted by Crippen LogP contribution is 2.14. The Bertz CT molecular complexity index is 332. The fourth-order valence-electron chi connectivity index (χ4n) is 3.84. The molecule has 0 saturated carbocycles. The standard InChI is InChI=1S/C25H54N.C2H4O2/c1-5-6-7-8-9-10-11-12-13-14-15-16-17-18-19-20-21-22-23-24-25-26(2,3)4;1-2(3)4/h5-25H2,1-4H3;1H3,(H,3,4)/q+1;/p-1. The summed E-state index contributed by atoms with van der Waals surface area (Å²) in [6.45, 7) is 4.61. The summed E-state index contributed by atoms with van der Waals surface area (Å²) in [5.74, 6) is -1.08. The van der Waals surface area contributed by atoms with Gasteiger partial charge in [0.05, 0.1) is 27.7 Å². The number of carboxylic acid groups (broad SMARTS) is 1. The van der Waals surface area contributed by atoms with Crippen LogP contribution in [0.5, 0.6) is 0 Å². The van der Waals surface area contributed by atoms with Crippen molar-refractivity contribution in [1.29, 1.82) is 0 Å². The highest BCUT2D eigenvalue weighted by Gasteiger charge is 2.04. The van der Waals surface area contributed by atoms with E-state index in [0.717, 1.165) is 11.4 Å². The summed E-state index contributed by atoms with van der Waals surface area (Å²) < 4.78 is 1.12. The summed E-state index contributed by atoms with van der Waals surface area (Å²) in [5.41, 5.74) is 0. The Labute approximate surface area is 190 Å². The summed E-state index contributed by atoms with van der Waals surface area (Å²) >= 11 is 0. The zero-order valence-electron chi connectivity index (χ0n) is 21.6. The molecule has 30 heavy (non-hydrogen) atoms. The second-order valence-corrected chi connectivity index (χ2v) is 10.2. The van der Waals surface area contributed by atoms with Gasteiger partial charge in [-0.1, -0.05) is 122 Å². The van der Waals surface area contributed by atoms with Crippen molar-refractivity contribution in [2.75, 3.05) is 27.7 Å². The first-order chi connectivity index (χ1) is 14.3. The molecule has 0 aromatic carbocycles. The van der Waals surface area contributed by atoms with Gasteiger partial charge in [-0.25, -0.2) is 0 Å². The minimum atomic E-state index is -1.08. The molecule has 0 aliphatic heterocycles. The van der Waals surface area contributed by atoms with Gasteiger partial charge in [-0.05, 0) is 19.8 Å². The highest BCUT2D eigenvalue weighted by molar-refractivity contribution is 5.60. The lowest BCUT2D eigenvalue weighted by molar-refractivity contribution is -0.870. The third kappa shape index (κ3) is 38.1. The van der Waals surface area contributed by atoms with Crippen LogP contribution in [0.3, 0.4) is 0 Å². The van der Waals surface area contributed by atoms with Crippen molar-refractivity contribution in [1.82, 2.24) is 0 Å². The van der Waals surface area contributed by atoms with Crippen molar-refractivity contribution in [2.45, 2.75) is 142 Å². The normalized spacial score (nSPS) is 11.2. The van der Waals surface area contributed by atoms with Crippen molar-refractivity contribution in [3.8, 4) is 0 Å². The topological polar surface area (TPSA) is 40.1 Å². The van der Waals surface area contributed by atoms with Crippen LogP contribution in [-0.4, -0.2) is 38.1 Å². The number of carbonyl (C=O) groups is 1. The van der Waals surface area contributed by atoms with Crippen LogP contribution in [0.1, 0.15) is 142 Å². The molecule has 3 nitrogen and oxygen atoms in total. The van der Waals surface area contributed by atoms with E-state index in [1.165, 1.54) is 135 Å². The van der Waals surface area contributed by atoms with Gasteiger partial charge in [0.25, 0.3) is 0 Å². The number of unbranched alkanes of at least 4 members (excludes halogenated alkanes) is 19. The first kappa shape index (κ1) is 31.6. The molecule has 0 aliphatic rings. The van der Waals surface area contributed by atoms with Crippen molar-refractivity contribution >= 4 is 5.97 Å². The molecule has 0 amide bonds. The molecule has 0 heterocycles. The van der Waals surface area contributed by atoms with Crippen molar-refractivity contribution in [2.24, 2.45) is 0 Å². The molecule has 0 radical (unpaired) electrons. The van der Waals surface area contributed by atoms with Gasteiger partial charge in [-0.3, -0.25) is 0 Å². The molecular formula is C27H57NO2. The molecular weight excluding hydrogens is 370 g/mol. The Morgan fingerprint density at radius 1 is 0.533 bits per heavy atom. The lowest BCUT2D eigenvalue weighted by Gasteiger charge is -2.23. The van der Waals surface area contributed by atoms with Crippen LogP contribution in [0, 0.1) is 0 Å². The molecule has 3 heteroatoms. The largest absolute Gasteiger partial charge is 0.550 e. The molecule has 0 unspecified atom stereocenters. The Morgan fingerprint density at radius 2 is 0.733 bits per heavy atom. The average molecular weight is 428 g/mol. The van der Waals surface area contributed by atoms with Crippen LogP contribution < -0.4 is 5.11 Å². The Hall–Kier alpha value is -0.570. The van der Waals surface area contributed by atoms with Gasteiger partial charge in [0, 0.05) is 5.97 Å². The molecule has 0 bridgehead atoms. The van der Waals surface area contributed by atoms with Gasteiger partial charge in [-0.15, -0.1) is 0 Å².